The molecule has 1 atom stereocenters. The van der Waals surface area contributed by atoms with Gasteiger partial charge in [-0.05, 0) is 64.7 Å². The molecule has 0 spiro atoms. The molecule has 2 aliphatic rings. The molecule has 1 saturated heterocycles. The molecule has 0 saturated carbocycles. The van der Waals surface area contributed by atoms with Gasteiger partial charge in [0.25, 0.3) is 0 Å². The smallest absolute Gasteiger partial charge is 0.387 e. The molecular weight excluding hydrogens is 483 g/mol. The van der Waals surface area contributed by atoms with Crippen molar-refractivity contribution in [1.29, 1.82) is 0 Å². The number of benzene rings is 1. The fourth-order valence-electron chi connectivity index (χ4n) is 4.88. The minimum Gasteiger partial charge on any atom is -0.435 e. The van der Waals surface area contributed by atoms with E-state index >= 15 is 0 Å². The Morgan fingerprint density at radius 3 is 2.57 bits per heavy atom. The van der Waals surface area contributed by atoms with Crippen LogP contribution < -0.4 is 10.1 Å². The molecule has 1 fully saturated rings. The van der Waals surface area contributed by atoms with E-state index in [4.69, 9.17) is 0 Å². The maximum atomic E-state index is 14.7. The summed E-state index contributed by atoms with van der Waals surface area (Å²) >= 11 is 0. The maximum Gasteiger partial charge on any atom is 0.387 e. The van der Waals surface area contributed by atoms with Gasteiger partial charge in [0.05, 0.1) is 17.2 Å². The van der Waals surface area contributed by atoms with Crippen molar-refractivity contribution in [3.8, 4) is 17.0 Å². The zero-order chi connectivity index (χ0) is 25.5. The molecule has 2 heterocycles. The van der Waals surface area contributed by atoms with E-state index in [2.05, 4.69) is 15.2 Å². The Balaban J connectivity index is 1.60. The predicted molar refractivity (Wildman–Crippen MR) is 125 cm³/mol. The van der Waals surface area contributed by atoms with E-state index in [1.54, 1.807) is 4.68 Å². The minimum atomic E-state index is -3.05. The second-order valence-electron chi connectivity index (χ2n) is 9.97. The first-order valence-corrected chi connectivity index (χ1v) is 13.6. The number of hydrogen-bond donors (Lipinski definition) is 1. The molecule has 7 nitrogen and oxygen atoms in total. The number of nitrogens with one attached hydrogen (secondary N) is 1. The maximum absolute atomic E-state index is 14.7. The molecule has 1 amide bonds. The largest absolute Gasteiger partial charge is 0.435 e. The van der Waals surface area contributed by atoms with Gasteiger partial charge in [-0.25, -0.2) is 12.8 Å². The highest BCUT2D eigenvalue weighted by Crippen LogP contribution is 2.37. The van der Waals surface area contributed by atoms with Gasteiger partial charge in [-0.15, -0.1) is 0 Å². The normalized spacial score (nSPS) is 21.1. The summed E-state index contributed by atoms with van der Waals surface area (Å²) in [6.07, 6.45) is 2.14. The summed E-state index contributed by atoms with van der Waals surface area (Å²) in [4.78, 5) is 13.2. The number of aromatic nitrogens is 2. The number of halogens is 3. The van der Waals surface area contributed by atoms with Crippen molar-refractivity contribution in [2.75, 3.05) is 11.5 Å². The van der Waals surface area contributed by atoms with Crippen molar-refractivity contribution in [2.45, 2.75) is 71.1 Å². The van der Waals surface area contributed by atoms with Crippen molar-refractivity contribution < 1.29 is 31.1 Å². The molecule has 2 aromatic rings. The van der Waals surface area contributed by atoms with Crippen LogP contribution >= 0.6 is 0 Å². The lowest BCUT2D eigenvalue weighted by molar-refractivity contribution is -0.127. The quantitative estimate of drug-likeness (QED) is 0.629. The monoisotopic (exact) mass is 513 g/mol. The zero-order valence-corrected chi connectivity index (χ0v) is 20.8. The van der Waals surface area contributed by atoms with Crippen LogP contribution in [0.3, 0.4) is 0 Å². The number of rotatable bonds is 6. The molecule has 1 aliphatic heterocycles. The standard InChI is InChI=1S/C24H30F3N3O4S/c1-14(2)30-20-12-15(22(31)28-24(3)8-10-35(32,33)11-9-24)4-6-17(20)21(29-30)18-13-16(34-23(26)27)5-7-19(18)25/h5,7,13-15,23H,4,6,8-12H2,1-3H3,(H,28,31)/t15-/m1/s1. The molecule has 192 valence electrons. The number of hydrogen-bond acceptors (Lipinski definition) is 5. The third-order valence-corrected chi connectivity index (χ3v) is 8.59. The van der Waals surface area contributed by atoms with Crippen molar-refractivity contribution in [2.24, 2.45) is 5.92 Å². The Morgan fingerprint density at radius 1 is 1.26 bits per heavy atom. The molecule has 1 aromatic heterocycles. The number of alkyl halides is 2. The molecule has 11 heteroatoms. The Morgan fingerprint density at radius 2 is 1.94 bits per heavy atom. The van der Waals surface area contributed by atoms with Crippen LogP contribution in [0.1, 0.15) is 57.3 Å². The van der Waals surface area contributed by atoms with Gasteiger partial charge >= 0.3 is 6.61 Å². The van der Waals surface area contributed by atoms with Gasteiger partial charge in [0, 0.05) is 40.7 Å². The van der Waals surface area contributed by atoms with Crippen LogP contribution in [0.15, 0.2) is 18.2 Å². The molecule has 4 rings (SSSR count). The molecule has 0 radical (unpaired) electrons. The number of amides is 1. The summed E-state index contributed by atoms with van der Waals surface area (Å²) in [6, 6.07) is 3.39. The van der Waals surface area contributed by atoms with Crippen LogP contribution in [0.25, 0.3) is 11.3 Å². The Labute approximate surface area is 203 Å². The fourth-order valence-corrected chi connectivity index (χ4v) is 6.61. The van der Waals surface area contributed by atoms with E-state index in [-0.39, 0.29) is 40.7 Å². The van der Waals surface area contributed by atoms with E-state index in [9.17, 15) is 26.4 Å². The number of ether oxygens (including phenoxy) is 1. The van der Waals surface area contributed by atoms with Crippen LogP contribution in [-0.2, 0) is 27.5 Å². The lowest BCUT2D eigenvalue weighted by Gasteiger charge is -2.36. The predicted octanol–water partition coefficient (Wildman–Crippen LogP) is 4.06. The van der Waals surface area contributed by atoms with Crippen LogP contribution in [0.5, 0.6) is 5.75 Å². The van der Waals surface area contributed by atoms with Gasteiger partial charge in [-0.3, -0.25) is 9.48 Å². The molecule has 1 aliphatic carbocycles. The molecule has 1 N–H and O–H groups in total. The van der Waals surface area contributed by atoms with Gasteiger partial charge in [0.15, 0.2) is 0 Å². The van der Waals surface area contributed by atoms with E-state index < -0.39 is 27.8 Å². The third-order valence-electron chi connectivity index (χ3n) is 6.93. The van der Waals surface area contributed by atoms with Gasteiger partial charge < -0.3 is 10.1 Å². The highest BCUT2D eigenvalue weighted by Gasteiger charge is 2.38. The van der Waals surface area contributed by atoms with Gasteiger partial charge in [-0.2, -0.15) is 13.9 Å². The van der Waals surface area contributed by atoms with Crippen LogP contribution in [0.2, 0.25) is 0 Å². The molecular formula is C24H30F3N3O4S. The van der Waals surface area contributed by atoms with Crippen LogP contribution in [0, 0.1) is 11.7 Å². The van der Waals surface area contributed by atoms with Crippen molar-refractivity contribution in [3.63, 3.8) is 0 Å². The van der Waals surface area contributed by atoms with E-state index in [1.807, 2.05) is 20.8 Å². The van der Waals surface area contributed by atoms with E-state index in [0.717, 1.165) is 23.4 Å². The summed E-state index contributed by atoms with van der Waals surface area (Å²) in [5, 5.41) is 7.69. The zero-order valence-electron chi connectivity index (χ0n) is 20.0. The second-order valence-corrected chi connectivity index (χ2v) is 12.3. The van der Waals surface area contributed by atoms with Gasteiger partial charge in [0.2, 0.25) is 5.91 Å². The first kappa shape index (κ1) is 25.5. The first-order chi connectivity index (χ1) is 16.4. The molecule has 0 unspecified atom stereocenters. The molecule has 35 heavy (non-hydrogen) atoms. The Hall–Kier alpha value is -2.56. The highest BCUT2D eigenvalue weighted by molar-refractivity contribution is 7.91. The number of sulfone groups is 1. The average molecular weight is 514 g/mol. The van der Waals surface area contributed by atoms with E-state index in [0.29, 0.717) is 37.8 Å². The average Bonchev–Trinajstić information content (AvgIpc) is 3.16. The Kier molecular flexibility index (Phi) is 6.91. The molecule has 0 bridgehead atoms. The number of fused-ring (bicyclic) bond motifs is 1. The van der Waals surface area contributed by atoms with Crippen LogP contribution in [0.4, 0.5) is 13.2 Å². The lowest BCUT2D eigenvalue weighted by Crippen LogP contribution is -2.53. The van der Waals surface area contributed by atoms with Crippen LogP contribution in [-0.4, -0.2) is 47.8 Å². The third kappa shape index (κ3) is 5.49. The summed E-state index contributed by atoms with van der Waals surface area (Å²) < 4.78 is 69.9. The van der Waals surface area contributed by atoms with Crippen molar-refractivity contribution in [1.82, 2.24) is 15.1 Å². The minimum absolute atomic E-state index is 0.0575. The number of carbonyl (C=O) groups excluding carboxylic acids is 1. The summed E-state index contributed by atoms with van der Waals surface area (Å²) in [7, 11) is -3.05. The summed E-state index contributed by atoms with van der Waals surface area (Å²) in [5.74, 6) is -1.10. The number of carbonyl (C=O) groups is 1. The van der Waals surface area contributed by atoms with Crippen molar-refractivity contribution in [3.05, 3.63) is 35.3 Å². The lowest BCUT2D eigenvalue weighted by atomic mass is 9.84. The summed E-state index contributed by atoms with van der Waals surface area (Å²) in [6.45, 7) is 2.70. The van der Waals surface area contributed by atoms with Gasteiger partial charge in [0.1, 0.15) is 21.4 Å². The highest BCUT2D eigenvalue weighted by atomic mass is 32.2. The fraction of sp³-hybridized carbons (Fsp3) is 0.583. The summed E-state index contributed by atoms with van der Waals surface area (Å²) in [5.41, 5.74) is 1.50. The topological polar surface area (TPSA) is 90.3 Å². The Bertz CT molecular complexity index is 1210. The molecule has 1 aromatic carbocycles. The second kappa shape index (κ2) is 9.48. The number of nitrogens with zero attached hydrogens (tertiary/aromatic N) is 2. The SMILES string of the molecule is CC(C)n1nc(-c2cc(OC(F)F)ccc2F)c2c1C[C@H](C(=O)NC1(C)CCS(=O)(=O)CC1)CC2. The van der Waals surface area contributed by atoms with Crippen molar-refractivity contribution >= 4 is 15.7 Å². The first-order valence-electron chi connectivity index (χ1n) is 11.7. The van der Waals surface area contributed by atoms with Gasteiger partial charge in [-0.1, -0.05) is 0 Å². The van der Waals surface area contributed by atoms with E-state index in [1.165, 1.54) is 6.07 Å².